The Morgan fingerprint density at radius 3 is 2.08 bits per heavy atom. The average molecular weight is 539 g/mol. The Balaban J connectivity index is 1.91. The lowest BCUT2D eigenvalue weighted by Gasteiger charge is -2.43. The average Bonchev–Trinajstić information content (AvgIpc) is 2.84. The highest BCUT2D eigenvalue weighted by Gasteiger charge is 2.48. The highest BCUT2D eigenvalue weighted by Crippen LogP contribution is 2.49. The maximum Gasteiger partial charge on any atom is 0.417 e. The fourth-order valence-corrected chi connectivity index (χ4v) is 5.72. The molecule has 2 aromatic carbocycles. The first-order chi connectivity index (χ1) is 18.0. The van der Waals surface area contributed by atoms with Gasteiger partial charge >= 0.3 is 12.4 Å². The van der Waals surface area contributed by atoms with E-state index in [0.717, 1.165) is 44.8 Å². The summed E-state index contributed by atoms with van der Waals surface area (Å²) in [6, 6.07) is 14.7. The molecule has 1 aliphatic rings. The summed E-state index contributed by atoms with van der Waals surface area (Å²) >= 11 is 0. The summed E-state index contributed by atoms with van der Waals surface area (Å²) in [7, 11) is 0. The lowest BCUT2D eigenvalue weighted by Crippen LogP contribution is -2.42. The topological polar surface area (TPSA) is 27.0 Å². The molecule has 0 bridgehead atoms. The summed E-state index contributed by atoms with van der Waals surface area (Å²) < 4.78 is 81.5. The molecule has 3 rings (SSSR count). The third-order valence-electron chi connectivity index (χ3n) is 8.05. The first-order valence-corrected chi connectivity index (χ1v) is 13.4. The van der Waals surface area contributed by atoms with Gasteiger partial charge in [-0.2, -0.15) is 31.6 Å². The van der Waals surface area contributed by atoms with Gasteiger partial charge in [0, 0.05) is 12.6 Å². The second-order valence-corrected chi connectivity index (χ2v) is 10.3. The molecule has 1 aliphatic carbocycles. The fourth-order valence-electron chi connectivity index (χ4n) is 5.72. The molecular formula is C30H36F6N2. The SMILES string of the molecule is CCCN(CCc1ccccc1)C(CC)CCC(C#N)(c1ccc(C(F)(F)F)c(C(F)(F)F)c1)C1CCC1. The van der Waals surface area contributed by atoms with Crippen molar-refractivity contribution in [1.29, 1.82) is 5.26 Å². The summed E-state index contributed by atoms with van der Waals surface area (Å²) in [6.45, 7) is 5.83. The Morgan fingerprint density at radius 2 is 1.58 bits per heavy atom. The molecule has 0 saturated heterocycles. The maximum atomic E-state index is 13.7. The van der Waals surface area contributed by atoms with Crippen LogP contribution >= 0.6 is 0 Å². The second-order valence-electron chi connectivity index (χ2n) is 10.3. The minimum absolute atomic E-state index is 0.0474. The molecule has 38 heavy (non-hydrogen) atoms. The molecule has 8 heteroatoms. The van der Waals surface area contributed by atoms with Crippen LogP contribution < -0.4 is 0 Å². The van der Waals surface area contributed by atoms with Crippen molar-refractivity contribution in [2.24, 2.45) is 5.92 Å². The quantitative estimate of drug-likeness (QED) is 0.253. The summed E-state index contributed by atoms with van der Waals surface area (Å²) in [6.07, 6.45) is -4.61. The molecule has 2 aromatic rings. The maximum absolute atomic E-state index is 13.7. The smallest absolute Gasteiger partial charge is 0.300 e. The van der Waals surface area contributed by atoms with Crippen molar-refractivity contribution in [3.63, 3.8) is 0 Å². The van der Waals surface area contributed by atoms with Gasteiger partial charge in [0.05, 0.1) is 22.6 Å². The number of halogens is 6. The van der Waals surface area contributed by atoms with E-state index in [1.165, 1.54) is 5.56 Å². The summed E-state index contributed by atoms with van der Waals surface area (Å²) in [4.78, 5) is 2.38. The van der Waals surface area contributed by atoms with Gasteiger partial charge in [0.25, 0.3) is 0 Å². The van der Waals surface area contributed by atoms with Gasteiger partial charge in [0.15, 0.2) is 0 Å². The van der Waals surface area contributed by atoms with Gasteiger partial charge in [-0.25, -0.2) is 0 Å². The van der Waals surface area contributed by atoms with Crippen molar-refractivity contribution in [3.8, 4) is 6.07 Å². The lowest BCUT2D eigenvalue weighted by atomic mass is 9.60. The van der Waals surface area contributed by atoms with Gasteiger partial charge in [0.2, 0.25) is 0 Å². The largest absolute Gasteiger partial charge is 0.417 e. The van der Waals surface area contributed by atoms with E-state index in [-0.39, 0.29) is 17.5 Å². The Labute approximate surface area is 221 Å². The zero-order valence-corrected chi connectivity index (χ0v) is 22.0. The predicted octanol–water partition coefficient (Wildman–Crippen LogP) is 8.80. The Hall–Kier alpha value is -2.53. The summed E-state index contributed by atoms with van der Waals surface area (Å²) in [5.74, 6) is -0.174. The van der Waals surface area contributed by atoms with Crippen molar-refractivity contribution in [1.82, 2.24) is 4.90 Å². The van der Waals surface area contributed by atoms with E-state index in [1.807, 2.05) is 18.2 Å². The van der Waals surface area contributed by atoms with Gasteiger partial charge < -0.3 is 4.90 Å². The zero-order chi connectivity index (χ0) is 28.0. The van der Waals surface area contributed by atoms with Gasteiger partial charge in [-0.05, 0) is 80.7 Å². The third-order valence-corrected chi connectivity index (χ3v) is 8.05. The molecule has 208 valence electrons. The van der Waals surface area contributed by atoms with Crippen LogP contribution in [0.4, 0.5) is 26.3 Å². The molecule has 0 amide bonds. The van der Waals surface area contributed by atoms with Crippen LogP contribution in [0.2, 0.25) is 0 Å². The number of rotatable bonds is 12. The van der Waals surface area contributed by atoms with Gasteiger partial charge in [0.1, 0.15) is 0 Å². The van der Waals surface area contributed by atoms with Gasteiger partial charge in [-0.15, -0.1) is 0 Å². The number of hydrogen-bond donors (Lipinski definition) is 0. The van der Waals surface area contributed by atoms with E-state index in [0.29, 0.717) is 37.8 Å². The number of nitriles is 1. The number of nitrogens with zero attached hydrogens (tertiary/aromatic N) is 2. The zero-order valence-electron chi connectivity index (χ0n) is 22.0. The van der Waals surface area contributed by atoms with E-state index < -0.39 is 28.9 Å². The minimum atomic E-state index is -5.18. The first kappa shape index (κ1) is 30.0. The van der Waals surface area contributed by atoms with Crippen LogP contribution in [-0.4, -0.2) is 24.0 Å². The highest BCUT2D eigenvalue weighted by molar-refractivity contribution is 5.43. The molecule has 0 spiro atoms. The third kappa shape index (κ3) is 6.91. The predicted molar refractivity (Wildman–Crippen MR) is 136 cm³/mol. The van der Waals surface area contributed by atoms with E-state index >= 15 is 0 Å². The monoisotopic (exact) mass is 538 g/mol. The number of alkyl halides is 6. The summed E-state index contributed by atoms with van der Waals surface area (Å²) in [5, 5.41) is 10.4. The van der Waals surface area contributed by atoms with Crippen LogP contribution in [-0.2, 0) is 24.2 Å². The molecular weight excluding hydrogens is 502 g/mol. The van der Waals surface area contributed by atoms with Crippen LogP contribution in [0, 0.1) is 17.2 Å². The van der Waals surface area contributed by atoms with E-state index in [2.05, 4.69) is 36.9 Å². The summed E-state index contributed by atoms with van der Waals surface area (Å²) in [5.41, 5.74) is -3.42. The van der Waals surface area contributed by atoms with Crippen LogP contribution in [0.3, 0.4) is 0 Å². The van der Waals surface area contributed by atoms with Crippen LogP contribution in [0.1, 0.15) is 81.0 Å². The molecule has 2 unspecified atom stereocenters. The van der Waals surface area contributed by atoms with Crippen molar-refractivity contribution >= 4 is 0 Å². The van der Waals surface area contributed by atoms with E-state index in [4.69, 9.17) is 0 Å². The molecule has 0 aliphatic heterocycles. The molecule has 2 nitrogen and oxygen atoms in total. The highest BCUT2D eigenvalue weighted by atomic mass is 19.4. The Kier molecular flexibility index (Phi) is 9.91. The lowest BCUT2D eigenvalue weighted by molar-refractivity contribution is -0.162. The van der Waals surface area contributed by atoms with Gasteiger partial charge in [-0.1, -0.05) is 56.7 Å². The fraction of sp³-hybridized carbons (Fsp3) is 0.567. The molecule has 1 fully saturated rings. The van der Waals surface area contributed by atoms with Gasteiger partial charge in [-0.3, -0.25) is 0 Å². The van der Waals surface area contributed by atoms with Crippen LogP contribution in [0.5, 0.6) is 0 Å². The standard InChI is InChI=1S/C30H36F6N2/c1-3-18-38(19-16-22-9-6-5-7-10-22)25(4-2)15-17-28(21-37,23-11-8-12-23)24-13-14-26(29(31,32)33)27(20-24)30(34,35)36/h5-7,9-10,13-14,20,23,25H,3-4,8,11-12,15-19H2,1-2H3. The number of hydrogen-bond acceptors (Lipinski definition) is 2. The Bertz CT molecular complexity index is 1070. The normalized spacial score (nSPS) is 17.1. The van der Waals surface area contributed by atoms with E-state index in [9.17, 15) is 31.6 Å². The van der Waals surface area contributed by atoms with Crippen LogP contribution in [0.15, 0.2) is 48.5 Å². The van der Waals surface area contributed by atoms with Crippen molar-refractivity contribution < 1.29 is 26.3 Å². The molecule has 0 radical (unpaired) electrons. The molecule has 0 aromatic heterocycles. The Morgan fingerprint density at radius 1 is 0.921 bits per heavy atom. The molecule has 1 saturated carbocycles. The minimum Gasteiger partial charge on any atom is -0.300 e. The molecule has 0 N–H and O–H groups in total. The molecule has 0 heterocycles. The van der Waals surface area contributed by atoms with Crippen molar-refractivity contribution in [2.45, 2.75) is 89.0 Å². The second kappa shape index (κ2) is 12.5. The van der Waals surface area contributed by atoms with Crippen LogP contribution in [0.25, 0.3) is 0 Å². The first-order valence-electron chi connectivity index (χ1n) is 13.4. The van der Waals surface area contributed by atoms with Crippen molar-refractivity contribution in [2.75, 3.05) is 13.1 Å². The van der Waals surface area contributed by atoms with Crippen molar-refractivity contribution in [3.05, 3.63) is 70.8 Å². The number of benzene rings is 2. The molecule has 2 atom stereocenters. The van der Waals surface area contributed by atoms with E-state index in [1.54, 1.807) is 0 Å².